The molecule has 2 aromatic carbocycles. The van der Waals surface area contributed by atoms with E-state index in [1.54, 1.807) is 6.92 Å². The molecule has 0 aliphatic carbocycles. The van der Waals surface area contributed by atoms with Gasteiger partial charge in [-0.05, 0) is 29.7 Å². The normalized spacial score (nSPS) is 10.9. The molecular weight excluding hydrogens is 278 g/mol. The molecule has 0 aliphatic heterocycles. The molecule has 0 heterocycles. The summed E-state index contributed by atoms with van der Waals surface area (Å²) >= 11 is 0. The molecule has 0 fully saturated rings. The van der Waals surface area contributed by atoms with Crippen molar-refractivity contribution < 1.29 is 14.7 Å². The fourth-order valence-electron chi connectivity index (χ4n) is 2.04. The number of nitrogens with zero attached hydrogens (tertiary/aromatic N) is 1. The van der Waals surface area contributed by atoms with Gasteiger partial charge in [-0.3, -0.25) is 0 Å². The van der Waals surface area contributed by atoms with Crippen LogP contribution in [-0.2, 0) is 9.53 Å². The van der Waals surface area contributed by atoms with Crippen LogP contribution in [-0.4, -0.2) is 23.5 Å². The molecule has 0 aromatic heterocycles. The number of esters is 1. The van der Waals surface area contributed by atoms with Crippen molar-refractivity contribution in [3.8, 4) is 0 Å². The smallest absolute Gasteiger partial charge is 0.360 e. The summed E-state index contributed by atoms with van der Waals surface area (Å²) < 4.78 is 4.89. The van der Waals surface area contributed by atoms with E-state index in [2.05, 4.69) is 5.16 Å². The minimum absolute atomic E-state index is 0.135. The number of benzene rings is 2. The quantitative estimate of drug-likeness (QED) is 0.397. The van der Waals surface area contributed by atoms with E-state index in [9.17, 15) is 4.79 Å². The molecule has 0 amide bonds. The fraction of sp³-hybridized carbons (Fsp3) is 0.111. The molecule has 2 aromatic rings. The Bertz CT molecular complexity index is 634. The Labute approximate surface area is 129 Å². The third kappa shape index (κ3) is 3.82. The van der Waals surface area contributed by atoms with Gasteiger partial charge in [0.1, 0.15) is 0 Å². The molecule has 22 heavy (non-hydrogen) atoms. The maximum absolute atomic E-state index is 11.8. The summed E-state index contributed by atoms with van der Waals surface area (Å²) in [6, 6.07) is 19.2. The number of oxime groups is 1. The molecule has 0 aliphatic rings. The number of hydrogen-bond donors (Lipinski definition) is 1. The van der Waals surface area contributed by atoms with Gasteiger partial charge in [0.05, 0.1) is 6.61 Å². The molecule has 0 saturated heterocycles. The Hall–Kier alpha value is -2.88. The fourth-order valence-corrected chi connectivity index (χ4v) is 2.04. The molecule has 0 radical (unpaired) electrons. The lowest BCUT2D eigenvalue weighted by molar-refractivity contribution is -0.135. The van der Waals surface area contributed by atoms with Crippen molar-refractivity contribution in [1.82, 2.24) is 0 Å². The molecule has 0 spiro atoms. The average molecular weight is 295 g/mol. The van der Waals surface area contributed by atoms with Crippen molar-refractivity contribution in [2.24, 2.45) is 5.16 Å². The highest BCUT2D eigenvalue weighted by Gasteiger charge is 2.14. The molecular formula is C18H17NO3. The van der Waals surface area contributed by atoms with Crippen LogP contribution in [0.3, 0.4) is 0 Å². The standard InChI is InChI=1S/C18H17NO3/c1-2-22-18(20)17(19-21)13-16(14-9-5-3-6-10-14)15-11-7-4-8-12-15/h3-13,21H,2H2,1H3. The van der Waals surface area contributed by atoms with Crippen molar-refractivity contribution in [3.05, 3.63) is 77.9 Å². The second kappa shape index (κ2) is 7.78. The van der Waals surface area contributed by atoms with Gasteiger partial charge >= 0.3 is 5.97 Å². The van der Waals surface area contributed by atoms with Gasteiger partial charge in [-0.2, -0.15) is 0 Å². The summed E-state index contributed by atoms with van der Waals surface area (Å²) in [5.41, 5.74) is 2.48. The third-order valence-corrected chi connectivity index (χ3v) is 3.04. The SMILES string of the molecule is CCOC(=O)C(C=C(c1ccccc1)c1ccccc1)=NO. The van der Waals surface area contributed by atoms with E-state index in [0.29, 0.717) is 0 Å². The lowest BCUT2D eigenvalue weighted by Gasteiger charge is -2.09. The number of carbonyl (C=O) groups is 1. The summed E-state index contributed by atoms with van der Waals surface area (Å²) in [4.78, 5) is 11.8. The average Bonchev–Trinajstić information content (AvgIpc) is 2.57. The molecule has 1 N–H and O–H groups in total. The lowest BCUT2D eigenvalue weighted by Crippen LogP contribution is -2.16. The third-order valence-electron chi connectivity index (χ3n) is 3.04. The van der Waals surface area contributed by atoms with Gasteiger partial charge in [-0.15, -0.1) is 0 Å². The second-order valence-electron chi connectivity index (χ2n) is 4.50. The van der Waals surface area contributed by atoms with Crippen molar-refractivity contribution in [1.29, 1.82) is 0 Å². The lowest BCUT2D eigenvalue weighted by atomic mass is 9.96. The molecule has 0 saturated carbocycles. The minimum atomic E-state index is -0.658. The van der Waals surface area contributed by atoms with Crippen LogP contribution < -0.4 is 0 Å². The summed E-state index contributed by atoms with van der Waals surface area (Å²) in [5, 5.41) is 12.2. The number of rotatable bonds is 5. The van der Waals surface area contributed by atoms with E-state index >= 15 is 0 Å². The van der Waals surface area contributed by atoms with Crippen LogP contribution in [0.15, 0.2) is 71.9 Å². The molecule has 2 rings (SSSR count). The zero-order valence-electron chi connectivity index (χ0n) is 12.3. The van der Waals surface area contributed by atoms with E-state index in [4.69, 9.17) is 9.94 Å². The van der Waals surface area contributed by atoms with Crippen LogP contribution in [0, 0.1) is 0 Å². The summed E-state index contributed by atoms with van der Waals surface area (Å²) in [6.07, 6.45) is 1.53. The van der Waals surface area contributed by atoms with Crippen LogP contribution in [0.1, 0.15) is 18.1 Å². The van der Waals surface area contributed by atoms with Gasteiger partial charge in [0.15, 0.2) is 5.71 Å². The predicted octanol–water partition coefficient (Wildman–Crippen LogP) is 3.51. The Balaban J connectivity index is 2.49. The van der Waals surface area contributed by atoms with Gasteiger partial charge in [-0.25, -0.2) is 4.79 Å². The highest BCUT2D eigenvalue weighted by molar-refractivity contribution is 6.42. The maximum Gasteiger partial charge on any atom is 0.360 e. The zero-order valence-corrected chi connectivity index (χ0v) is 12.3. The molecule has 112 valence electrons. The van der Waals surface area contributed by atoms with Crippen molar-refractivity contribution >= 4 is 17.3 Å². The Morgan fingerprint density at radius 2 is 1.55 bits per heavy atom. The van der Waals surface area contributed by atoms with Crippen LogP contribution in [0.25, 0.3) is 5.57 Å². The first-order chi connectivity index (χ1) is 10.8. The number of carbonyl (C=O) groups excluding carboxylic acids is 1. The van der Waals surface area contributed by atoms with Crippen LogP contribution in [0.4, 0.5) is 0 Å². The first kappa shape index (κ1) is 15.5. The van der Waals surface area contributed by atoms with Crippen molar-refractivity contribution in [2.45, 2.75) is 6.92 Å². The maximum atomic E-state index is 11.8. The highest BCUT2D eigenvalue weighted by Crippen LogP contribution is 2.23. The first-order valence-corrected chi connectivity index (χ1v) is 6.98. The van der Waals surface area contributed by atoms with Gasteiger partial charge in [-0.1, -0.05) is 65.8 Å². The van der Waals surface area contributed by atoms with E-state index in [1.165, 1.54) is 6.08 Å². The number of hydrogen-bond acceptors (Lipinski definition) is 4. The molecule has 0 unspecified atom stereocenters. The molecule has 0 bridgehead atoms. The highest BCUT2D eigenvalue weighted by atomic mass is 16.5. The first-order valence-electron chi connectivity index (χ1n) is 6.98. The minimum Gasteiger partial charge on any atom is -0.461 e. The van der Waals surface area contributed by atoms with Crippen molar-refractivity contribution in [3.63, 3.8) is 0 Å². The van der Waals surface area contributed by atoms with E-state index in [-0.39, 0.29) is 12.3 Å². The second-order valence-corrected chi connectivity index (χ2v) is 4.50. The van der Waals surface area contributed by atoms with E-state index in [0.717, 1.165) is 16.7 Å². The van der Waals surface area contributed by atoms with E-state index < -0.39 is 5.97 Å². The van der Waals surface area contributed by atoms with Crippen molar-refractivity contribution in [2.75, 3.05) is 6.61 Å². The van der Waals surface area contributed by atoms with Crippen LogP contribution in [0.2, 0.25) is 0 Å². The summed E-state index contributed by atoms with van der Waals surface area (Å²) in [6.45, 7) is 1.92. The van der Waals surface area contributed by atoms with Gasteiger partial charge < -0.3 is 9.94 Å². The predicted molar refractivity (Wildman–Crippen MR) is 85.8 cm³/mol. The topological polar surface area (TPSA) is 58.9 Å². The largest absolute Gasteiger partial charge is 0.461 e. The Morgan fingerprint density at radius 1 is 1.05 bits per heavy atom. The summed E-state index contributed by atoms with van der Waals surface area (Å²) in [7, 11) is 0. The van der Waals surface area contributed by atoms with Crippen LogP contribution >= 0.6 is 0 Å². The monoisotopic (exact) mass is 295 g/mol. The van der Waals surface area contributed by atoms with Gasteiger partial charge in [0.25, 0.3) is 0 Å². The molecule has 4 nitrogen and oxygen atoms in total. The number of ether oxygens (including phenoxy) is 1. The Kier molecular flexibility index (Phi) is 5.49. The van der Waals surface area contributed by atoms with E-state index in [1.807, 2.05) is 60.7 Å². The molecule has 4 heteroatoms. The van der Waals surface area contributed by atoms with Gasteiger partial charge in [0.2, 0.25) is 0 Å². The van der Waals surface area contributed by atoms with Gasteiger partial charge in [0, 0.05) is 0 Å². The Morgan fingerprint density at radius 3 is 1.95 bits per heavy atom. The summed E-state index contributed by atoms with van der Waals surface area (Å²) in [5.74, 6) is -0.658. The van der Waals surface area contributed by atoms with Crippen LogP contribution in [0.5, 0.6) is 0 Å². The zero-order chi connectivity index (χ0) is 15.8. The molecule has 0 atom stereocenters.